The van der Waals surface area contributed by atoms with Gasteiger partial charge in [0.05, 0.1) is 12.6 Å². The standard InChI is InChI=1S/C11H18N4O.2ClH/c1-9-7-15(4-3-12-9)11(16)5-10-6-13-14(2)8-10;;/h6,8-9,12H,3-5,7H2,1-2H3;2*1H. The molecule has 0 radical (unpaired) electrons. The molecule has 104 valence electrons. The predicted octanol–water partition coefficient (Wildman–Crippen LogP) is 0.626. The van der Waals surface area contributed by atoms with Gasteiger partial charge in [-0.25, -0.2) is 0 Å². The number of aryl methyl sites for hydroxylation is 1. The van der Waals surface area contributed by atoms with Crippen LogP contribution < -0.4 is 5.32 Å². The zero-order valence-corrected chi connectivity index (χ0v) is 12.3. The van der Waals surface area contributed by atoms with Gasteiger partial charge in [0, 0.05) is 38.9 Å². The van der Waals surface area contributed by atoms with Crippen molar-refractivity contribution in [3.05, 3.63) is 18.0 Å². The monoisotopic (exact) mass is 294 g/mol. The lowest BCUT2D eigenvalue weighted by Crippen LogP contribution is -2.51. The molecule has 0 aromatic carbocycles. The molecule has 1 aliphatic heterocycles. The van der Waals surface area contributed by atoms with E-state index in [-0.39, 0.29) is 30.7 Å². The third kappa shape index (κ3) is 4.48. The van der Waals surface area contributed by atoms with Crippen molar-refractivity contribution in [1.82, 2.24) is 20.0 Å². The van der Waals surface area contributed by atoms with Gasteiger partial charge in [0.1, 0.15) is 0 Å². The summed E-state index contributed by atoms with van der Waals surface area (Å²) in [5, 5.41) is 7.39. The third-order valence-corrected chi connectivity index (χ3v) is 2.84. The summed E-state index contributed by atoms with van der Waals surface area (Å²) >= 11 is 0. The Kier molecular flexibility index (Phi) is 7.28. The molecule has 1 unspecified atom stereocenters. The van der Waals surface area contributed by atoms with E-state index in [1.165, 1.54) is 0 Å². The van der Waals surface area contributed by atoms with Crippen molar-refractivity contribution in [2.75, 3.05) is 19.6 Å². The average Bonchev–Trinajstić information content (AvgIpc) is 2.64. The summed E-state index contributed by atoms with van der Waals surface area (Å²) in [7, 11) is 1.86. The highest BCUT2D eigenvalue weighted by Crippen LogP contribution is 2.04. The number of rotatable bonds is 2. The first kappa shape index (κ1) is 17.2. The number of aromatic nitrogens is 2. The summed E-state index contributed by atoms with van der Waals surface area (Å²) in [4.78, 5) is 13.9. The van der Waals surface area contributed by atoms with Crippen LogP contribution in [-0.4, -0.2) is 46.3 Å². The first-order valence-electron chi connectivity index (χ1n) is 5.64. The molecule has 1 aromatic heterocycles. The predicted molar refractivity (Wildman–Crippen MR) is 75.5 cm³/mol. The molecule has 18 heavy (non-hydrogen) atoms. The largest absolute Gasteiger partial charge is 0.340 e. The molecule has 1 fully saturated rings. The smallest absolute Gasteiger partial charge is 0.227 e. The number of hydrogen-bond acceptors (Lipinski definition) is 3. The molecule has 5 nitrogen and oxygen atoms in total. The van der Waals surface area contributed by atoms with E-state index >= 15 is 0 Å². The lowest BCUT2D eigenvalue weighted by atomic mass is 10.2. The van der Waals surface area contributed by atoms with Gasteiger partial charge >= 0.3 is 0 Å². The van der Waals surface area contributed by atoms with Crippen molar-refractivity contribution < 1.29 is 4.79 Å². The van der Waals surface area contributed by atoms with Gasteiger partial charge in [0.15, 0.2) is 0 Å². The summed E-state index contributed by atoms with van der Waals surface area (Å²) < 4.78 is 1.73. The number of carbonyl (C=O) groups excluding carboxylic acids is 1. The van der Waals surface area contributed by atoms with E-state index in [1.54, 1.807) is 10.9 Å². The number of halogens is 2. The van der Waals surface area contributed by atoms with E-state index in [2.05, 4.69) is 17.3 Å². The van der Waals surface area contributed by atoms with Crippen LogP contribution in [-0.2, 0) is 18.3 Å². The van der Waals surface area contributed by atoms with Crippen LogP contribution in [0.5, 0.6) is 0 Å². The Morgan fingerprint density at radius 1 is 1.56 bits per heavy atom. The van der Waals surface area contributed by atoms with E-state index in [9.17, 15) is 4.79 Å². The summed E-state index contributed by atoms with van der Waals surface area (Å²) in [6.07, 6.45) is 4.10. The first-order chi connectivity index (χ1) is 7.65. The number of carbonyl (C=O) groups is 1. The molecule has 7 heteroatoms. The van der Waals surface area contributed by atoms with Crippen molar-refractivity contribution in [3.63, 3.8) is 0 Å². The maximum absolute atomic E-state index is 12.0. The molecular weight excluding hydrogens is 275 g/mol. The maximum Gasteiger partial charge on any atom is 0.227 e. The lowest BCUT2D eigenvalue weighted by Gasteiger charge is -2.31. The van der Waals surface area contributed by atoms with Crippen molar-refractivity contribution in [2.45, 2.75) is 19.4 Å². The molecule has 0 aliphatic carbocycles. The molecule has 1 amide bonds. The van der Waals surface area contributed by atoms with E-state index in [0.717, 1.165) is 25.2 Å². The second-order valence-corrected chi connectivity index (χ2v) is 4.39. The Morgan fingerprint density at radius 2 is 2.28 bits per heavy atom. The molecular formula is C11H20Cl2N4O. The minimum atomic E-state index is 0. The Bertz CT molecular complexity index is 383. The fraction of sp³-hybridized carbons (Fsp3) is 0.636. The van der Waals surface area contributed by atoms with Gasteiger partial charge in [-0.3, -0.25) is 9.48 Å². The van der Waals surface area contributed by atoms with E-state index in [1.807, 2.05) is 18.1 Å². The Balaban J connectivity index is 0.00000144. The Labute approximate surface area is 120 Å². The SMILES string of the molecule is CC1CN(C(=O)Cc2cnn(C)c2)CCN1.Cl.Cl. The van der Waals surface area contributed by atoms with Crippen LogP contribution in [0.3, 0.4) is 0 Å². The number of nitrogens with zero attached hydrogens (tertiary/aromatic N) is 3. The molecule has 0 spiro atoms. The van der Waals surface area contributed by atoms with Crippen LogP contribution in [0, 0.1) is 0 Å². The minimum absolute atomic E-state index is 0. The summed E-state index contributed by atoms with van der Waals surface area (Å²) in [6, 6.07) is 0.395. The first-order valence-corrected chi connectivity index (χ1v) is 5.64. The third-order valence-electron chi connectivity index (χ3n) is 2.84. The lowest BCUT2D eigenvalue weighted by molar-refractivity contribution is -0.131. The molecule has 1 atom stereocenters. The van der Waals surface area contributed by atoms with E-state index in [4.69, 9.17) is 0 Å². The fourth-order valence-corrected chi connectivity index (χ4v) is 2.01. The van der Waals surface area contributed by atoms with Gasteiger partial charge in [-0.05, 0) is 12.5 Å². The summed E-state index contributed by atoms with van der Waals surface area (Å²) in [6.45, 7) is 4.60. The minimum Gasteiger partial charge on any atom is -0.340 e. The van der Waals surface area contributed by atoms with E-state index in [0.29, 0.717) is 12.5 Å². The molecule has 2 rings (SSSR count). The molecule has 1 aromatic rings. The topological polar surface area (TPSA) is 50.2 Å². The van der Waals surface area contributed by atoms with Crippen LogP contribution >= 0.6 is 24.8 Å². The Morgan fingerprint density at radius 3 is 2.83 bits per heavy atom. The van der Waals surface area contributed by atoms with Gasteiger partial charge in [-0.15, -0.1) is 24.8 Å². The zero-order chi connectivity index (χ0) is 11.5. The number of amides is 1. The summed E-state index contributed by atoms with van der Waals surface area (Å²) in [5.41, 5.74) is 0.985. The molecule has 0 bridgehead atoms. The van der Waals surface area contributed by atoms with Gasteiger partial charge < -0.3 is 10.2 Å². The molecule has 1 aliphatic rings. The molecule has 0 saturated carbocycles. The quantitative estimate of drug-likeness (QED) is 0.870. The van der Waals surface area contributed by atoms with Crippen molar-refractivity contribution in [2.24, 2.45) is 7.05 Å². The maximum atomic E-state index is 12.0. The zero-order valence-electron chi connectivity index (χ0n) is 10.6. The van der Waals surface area contributed by atoms with Gasteiger partial charge in [0.2, 0.25) is 5.91 Å². The highest BCUT2D eigenvalue weighted by atomic mass is 35.5. The van der Waals surface area contributed by atoms with Crippen LogP contribution in [0.4, 0.5) is 0 Å². The van der Waals surface area contributed by atoms with Gasteiger partial charge in [-0.2, -0.15) is 5.10 Å². The van der Waals surface area contributed by atoms with Crippen molar-refractivity contribution in [3.8, 4) is 0 Å². The van der Waals surface area contributed by atoms with E-state index < -0.39 is 0 Å². The molecule has 2 heterocycles. The second kappa shape index (κ2) is 7.61. The summed E-state index contributed by atoms with van der Waals surface area (Å²) in [5.74, 6) is 0.196. The van der Waals surface area contributed by atoms with Crippen LogP contribution in [0.15, 0.2) is 12.4 Å². The van der Waals surface area contributed by atoms with Crippen molar-refractivity contribution in [1.29, 1.82) is 0 Å². The average molecular weight is 295 g/mol. The van der Waals surface area contributed by atoms with Gasteiger partial charge in [0.25, 0.3) is 0 Å². The Hall–Kier alpha value is -0.780. The molecule has 1 saturated heterocycles. The highest BCUT2D eigenvalue weighted by Gasteiger charge is 2.20. The van der Waals surface area contributed by atoms with Crippen LogP contribution in [0.2, 0.25) is 0 Å². The number of hydrogen-bond donors (Lipinski definition) is 1. The number of nitrogens with one attached hydrogen (secondary N) is 1. The van der Waals surface area contributed by atoms with Crippen LogP contribution in [0.25, 0.3) is 0 Å². The molecule has 1 N–H and O–H groups in total. The van der Waals surface area contributed by atoms with Crippen molar-refractivity contribution >= 4 is 30.7 Å². The second-order valence-electron chi connectivity index (χ2n) is 4.39. The normalized spacial score (nSPS) is 18.8. The van der Waals surface area contributed by atoms with Crippen LogP contribution in [0.1, 0.15) is 12.5 Å². The highest BCUT2D eigenvalue weighted by molar-refractivity contribution is 5.85. The fourth-order valence-electron chi connectivity index (χ4n) is 2.01. The van der Waals surface area contributed by atoms with Gasteiger partial charge in [-0.1, -0.05) is 0 Å². The number of piperazine rings is 1.